The molecule has 144 valence electrons. The number of ether oxygens (including phenoxy) is 1. The molecule has 2 N–H and O–H groups in total. The van der Waals surface area contributed by atoms with E-state index in [9.17, 15) is 13.2 Å². The van der Waals surface area contributed by atoms with Crippen LogP contribution in [-0.2, 0) is 16.8 Å². The van der Waals surface area contributed by atoms with Gasteiger partial charge in [-0.3, -0.25) is 4.79 Å². The standard InChI is InChI=1S/C18H22N4O4S/c19-27(24,25)22-10-4-9-21(11-12-22)18(23)16-7-8-20-17(13-16)26-14-15-5-2-1-3-6-15/h1-3,5-8,13H,4,9-12,14H2,(H2,19,24,25). The molecule has 1 fully saturated rings. The van der Waals surface area contributed by atoms with Crippen molar-refractivity contribution in [3.8, 4) is 5.88 Å². The zero-order valence-electron chi connectivity index (χ0n) is 14.8. The summed E-state index contributed by atoms with van der Waals surface area (Å²) in [4.78, 5) is 18.6. The lowest BCUT2D eigenvalue weighted by Crippen LogP contribution is -2.40. The number of nitrogens with zero attached hydrogens (tertiary/aromatic N) is 3. The highest BCUT2D eigenvalue weighted by Crippen LogP contribution is 2.15. The fraction of sp³-hybridized carbons (Fsp3) is 0.333. The van der Waals surface area contributed by atoms with E-state index in [2.05, 4.69) is 4.98 Å². The van der Waals surface area contributed by atoms with Gasteiger partial charge in [-0.15, -0.1) is 0 Å². The Balaban J connectivity index is 1.64. The maximum atomic E-state index is 12.8. The van der Waals surface area contributed by atoms with Gasteiger partial charge in [0.25, 0.3) is 16.1 Å². The van der Waals surface area contributed by atoms with Crippen molar-refractivity contribution in [1.82, 2.24) is 14.2 Å². The number of amides is 1. The molecule has 0 atom stereocenters. The molecule has 1 aromatic carbocycles. The van der Waals surface area contributed by atoms with Crippen molar-refractivity contribution in [3.05, 3.63) is 59.8 Å². The zero-order chi connectivity index (χ0) is 19.3. The van der Waals surface area contributed by atoms with Crippen LogP contribution in [0.5, 0.6) is 5.88 Å². The molecule has 1 aliphatic rings. The van der Waals surface area contributed by atoms with E-state index in [1.54, 1.807) is 17.0 Å². The number of rotatable bonds is 5. The van der Waals surface area contributed by atoms with Gasteiger partial charge in [0.15, 0.2) is 0 Å². The van der Waals surface area contributed by atoms with Crippen molar-refractivity contribution < 1.29 is 17.9 Å². The molecule has 1 saturated heterocycles. The average molecular weight is 390 g/mol. The molecule has 0 spiro atoms. The number of carbonyl (C=O) groups excluding carboxylic acids is 1. The second kappa shape index (κ2) is 8.47. The van der Waals surface area contributed by atoms with E-state index in [0.29, 0.717) is 37.6 Å². The predicted molar refractivity (Wildman–Crippen MR) is 100 cm³/mol. The third kappa shape index (κ3) is 5.25. The van der Waals surface area contributed by atoms with Crippen LogP contribution in [0.3, 0.4) is 0 Å². The largest absolute Gasteiger partial charge is 0.473 e. The van der Waals surface area contributed by atoms with Gasteiger partial charge in [-0.2, -0.15) is 12.7 Å². The second-order valence-electron chi connectivity index (χ2n) is 6.25. The summed E-state index contributed by atoms with van der Waals surface area (Å²) >= 11 is 0. The third-order valence-electron chi connectivity index (χ3n) is 4.31. The Labute approximate surface area is 158 Å². The summed E-state index contributed by atoms with van der Waals surface area (Å²) in [5, 5.41) is 5.18. The monoisotopic (exact) mass is 390 g/mol. The van der Waals surface area contributed by atoms with Gasteiger partial charge in [-0.05, 0) is 18.1 Å². The highest BCUT2D eigenvalue weighted by atomic mass is 32.2. The highest BCUT2D eigenvalue weighted by Gasteiger charge is 2.25. The predicted octanol–water partition coefficient (Wildman–Crippen LogP) is 1.01. The Morgan fingerprint density at radius 1 is 1.11 bits per heavy atom. The first-order valence-electron chi connectivity index (χ1n) is 8.63. The van der Waals surface area contributed by atoms with Crippen LogP contribution >= 0.6 is 0 Å². The van der Waals surface area contributed by atoms with Crippen molar-refractivity contribution in [1.29, 1.82) is 0 Å². The van der Waals surface area contributed by atoms with Crippen LogP contribution in [0.25, 0.3) is 0 Å². The van der Waals surface area contributed by atoms with E-state index in [1.807, 2.05) is 30.3 Å². The molecule has 0 aliphatic carbocycles. The molecule has 0 bridgehead atoms. The Morgan fingerprint density at radius 3 is 2.63 bits per heavy atom. The van der Waals surface area contributed by atoms with Crippen molar-refractivity contribution in [2.75, 3.05) is 26.2 Å². The van der Waals surface area contributed by atoms with E-state index in [4.69, 9.17) is 9.88 Å². The topological polar surface area (TPSA) is 106 Å². The molecule has 27 heavy (non-hydrogen) atoms. The number of pyridine rings is 1. The normalized spacial score (nSPS) is 16.0. The van der Waals surface area contributed by atoms with Crippen LogP contribution in [0.1, 0.15) is 22.3 Å². The minimum Gasteiger partial charge on any atom is -0.473 e. The summed E-state index contributed by atoms with van der Waals surface area (Å²) in [5.74, 6) is 0.184. The van der Waals surface area contributed by atoms with Gasteiger partial charge in [0, 0.05) is 44.0 Å². The maximum Gasteiger partial charge on any atom is 0.276 e. The lowest BCUT2D eigenvalue weighted by atomic mass is 10.2. The summed E-state index contributed by atoms with van der Waals surface area (Å²) in [6.45, 7) is 1.61. The number of nitrogens with two attached hydrogens (primary N) is 1. The number of aromatic nitrogens is 1. The maximum absolute atomic E-state index is 12.8. The minimum absolute atomic E-state index is 0.182. The third-order valence-corrected chi connectivity index (χ3v) is 5.40. The van der Waals surface area contributed by atoms with E-state index in [1.165, 1.54) is 10.5 Å². The van der Waals surface area contributed by atoms with Crippen LogP contribution in [0.4, 0.5) is 0 Å². The molecular weight excluding hydrogens is 368 g/mol. The zero-order valence-corrected chi connectivity index (χ0v) is 15.6. The molecule has 0 unspecified atom stereocenters. The molecule has 1 aliphatic heterocycles. The van der Waals surface area contributed by atoms with Gasteiger partial charge < -0.3 is 9.64 Å². The van der Waals surface area contributed by atoms with Crippen LogP contribution in [0.15, 0.2) is 48.7 Å². The summed E-state index contributed by atoms with van der Waals surface area (Å²) in [5.41, 5.74) is 1.46. The SMILES string of the molecule is NS(=O)(=O)N1CCCN(C(=O)c2ccnc(OCc3ccccc3)c2)CC1. The molecule has 1 aromatic heterocycles. The van der Waals surface area contributed by atoms with Gasteiger partial charge in [0.05, 0.1) is 0 Å². The summed E-state index contributed by atoms with van der Waals surface area (Å²) in [6.07, 6.45) is 2.06. The molecule has 8 nitrogen and oxygen atoms in total. The molecule has 3 rings (SSSR count). The Kier molecular flexibility index (Phi) is 6.04. The van der Waals surface area contributed by atoms with Crippen molar-refractivity contribution in [2.45, 2.75) is 13.0 Å². The highest BCUT2D eigenvalue weighted by molar-refractivity contribution is 7.86. The quantitative estimate of drug-likeness (QED) is 0.820. The molecule has 0 radical (unpaired) electrons. The first-order chi connectivity index (χ1) is 12.9. The van der Waals surface area contributed by atoms with Crippen LogP contribution in [0, 0.1) is 0 Å². The molecule has 2 aromatic rings. The summed E-state index contributed by atoms with van der Waals surface area (Å²) in [6, 6.07) is 12.9. The first kappa shape index (κ1) is 19.3. The smallest absolute Gasteiger partial charge is 0.276 e. The number of carbonyl (C=O) groups is 1. The van der Waals surface area contributed by atoms with Gasteiger partial charge >= 0.3 is 0 Å². The Hall–Kier alpha value is -2.49. The molecular formula is C18H22N4O4S. The first-order valence-corrected chi connectivity index (χ1v) is 10.1. The van der Waals surface area contributed by atoms with Crippen LogP contribution in [-0.4, -0.2) is 54.7 Å². The van der Waals surface area contributed by atoms with E-state index >= 15 is 0 Å². The minimum atomic E-state index is -3.74. The lowest BCUT2D eigenvalue weighted by molar-refractivity contribution is 0.0763. The summed E-state index contributed by atoms with van der Waals surface area (Å²) < 4.78 is 29.9. The van der Waals surface area contributed by atoms with Crippen LogP contribution < -0.4 is 9.88 Å². The summed E-state index contributed by atoms with van der Waals surface area (Å²) in [7, 11) is -3.74. The Morgan fingerprint density at radius 2 is 1.89 bits per heavy atom. The fourth-order valence-corrected chi connectivity index (χ4v) is 3.61. The molecule has 1 amide bonds. The molecule has 0 saturated carbocycles. The van der Waals surface area contributed by atoms with Gasteiger partial charge in [-0.25, -0.2) is 10.1 Å². The fourth-order valence-electron chi connectivity index (χ4n) is 2.89. The van der Waals surface area contributed by atoms with E-state index in [-0.39, 0.29) is 19.0 Å². The number of hydrogen-bond donors (Lipinski definition) is 1. The van der Waals surface area contributed by atoms with Crippen molar-refractivity contribution in [2.24, 2.45) is 5.14 Å². The van der Waals surface area contributed by atoms with Gasteiger partial charge in [0.2, 0.25) is 5.88 Å². The second-order valence-corrected chi connectivity index (χ2v) is 7.79. The van der Waals surface area contributed by atoms with Crippen molar-refractivity contribution >= 4 is 16.1 Å². The van der Waals surface area contributed by atoms with E-state index < -0.39 is 10.2 Å². The van der Waals surface area contributed by atoms with Gasteiger partial charge in [-0.1, -0.05) is 30.3 Å². The molecule has 2 heterocycles. The van der Waals surface area contributed by atoms with Crippen molar-refractivity contribution in [3.63, 3.8) is 0 Å². The van der Waals surface area contributed by atoms with Gasteiger partial charge in [0.1, 0.15) is 6.61 Å². The Bertz CT molecular complexity index is 889. The lowest BCUT2D eigenvalue weighted by Gasteiger charge is -2.21. The average Bonchev–Trinajstić information content (AvgIpc) is 2.93. The van der Waals surface area contributed by atoms with Crippen LogP contribution in [0.2, 0.25) is 0 Å². The number of hydrogen-bond acceptors (Lipinski definition) is 5. The number of benzene rings is 1. The molecule has 9 heteroatoms. The van der Waals surface area contributed by atoms with E-state index in [0.717, 1.165) is 5.56 Å².